The minimum Gasteiger partial charge on any atom is -0.493 e. The molecule has 0 unspecified atom stereocenters. The first kappa shape index (κ1) is 20.3. The first-order valence-corrected chi connectivity index (χ1v) is 9.23. The summed E-state index contributed by atoms with van der Waals surface area (Å²) in [5.41, 5.74) is 3.60. The quantitative estimate of drug-likeness (QED) is 0.438. The van der Waals surface area contributed by atoms with Crippen LogP contribution < -0.4 is 20.6 Å². The van der Waals surface area contributed by atoms with Crippen molar-refractivity contribution < 1.29 is 14.3 Å². The highest BCUT2D eigenvalue weighted by Crippen LogP contribution is 2.36. The van der Waals surface area contributed by atoms with Gasteiger partial charge in [-0.05, 0) is 34.1 Å². The first-order valence-electron chi connectivity index (χ1n) is 8.44. The Morgan fingerprint density at radius 2 is 1.93 bits per heavy atom. The second-order valence-corrected chi connectivity index (χ2v) is 6.55. The Morgan fingerprint density at radius 1 is 1.17 bits per heavy atom. The van der Waals surface area contributed by atoms with Crippen molar-refractivity contribution in [3.05, 3.63) is 74.7 Å². The average molecular weight is 457 g/mol. The molecule has 0 aliphatic rings. The van der Waals surface area contributed by atoms with Crippen LogP contribution in [0.25, 0.3) is 11.3 Å². The van der Waals surface area contributed by atoms with E-state index in [1.807, 2.05) is 18.2 Å². The minimum absolute atomic E-state index is 0.0485. The number of benzene rings is 2. The summed E-state index contributed by atoms with van der Waals surface area (Å²) in [4.78, 5) is 30.6. The Balaban J connectivity index is 1.80. The summed E-state index contributed by atoms with van der Waals surface area (Å²) in [5, 5.41) is 3.95. The van der Waals surface area contributed by atoms with Gasteiger partial charge in [-0.1, -0.05) is 30.3 Å². The molecular formula is C20H17BrN4O4. The zero-order valence-corrected chi connectivity index (χ0v) is 17.2. The molecule has 9 heteroatoms. The van der Waals surface area contributed by atoms with Gasteiger partial charge in [0.2, 0.25) is 0 Å². The van der Waals surface area contributed by atoms with Gasteiger partial charge < -0.3 is 14.5 Å². The normalized spacial score (nSPS) is 10.7. The van der Waals surface area contributed by atoms with Crippen molar-refractivity contribution in [1.29, 1.82) is 0 Å². The van der Waals surface area contributed by atoms with E-state index >= 15 is 0 Å². The molecule has 0 radical (unpaired) electrons. The predicted molar refractivity (Wildman–Crippen MR) is 113 cm³/mol. The molecule has 3 aromatic rings. The lowest BCUT2D eigenvalue weighted by Gasteiger charge is -2.10. The fourth-order valence-electron chi connectivity index (χ4n) is 2.56. The highest BCUT2D eigenvalue weighted by atomic mass is 79.9. The molecule has 8 nitrogen and oxygen atoms in total. The molecule has 0 atom stereocenters. The molecule has 29 heavy (non-hydrogen) atoms. The van der Waals surface area contributed by atoms with Gasteiger partial charge in [0.1, 0.15) is 5.69 Å². The number of hydrogen-bond acceptors (Lipinski definition) is 6. The maximum atomic E-state index is 12.4. The molecule has 0 fully saturated rings. The van der Waals surface area contributed by atoms with Gasteiger partial charge in [-0.15, -0.1) is 0 Å². The number of methoxy groups -OCH3 is 2. The Hall–Kier alpha value is -3.46. The number of nitrogens with zero attached hydrogens (tertiary/aromatic N) is 2. The Bertz CT molecular complexity index is 1110. The molecular weight excluding hydrogens is 440 g/mol. The smallest absolute Gasteiger partial charge is 0.346 e. The van der Waals surface area contributed by atoms with Gasteiger partial charge in [-0.25, -0.2) is 10.2 Å². The molecule has 1 aromatic heterocycles. The molecule has 0 saturated carbocycles. The highest BCUT2D eigenvalue weighted by molar-refractivity contribution is 9.10. The zero-order valence-electron chi connectivity index (χ0n) is 15.6. The number of nitrogens with one attached hydrogen (secondary N) is 2. The molecule has 0 aliphatic heterocycles. The molecule has 0 saturated heterocycles. The second-order valence-electron chi connectivity index (χ2n) is 5.75. The van der Waals surface area contributed by atoms with Crippen molar-refractivity contribution in [2.24, 2.45) is 5.10 Å². The van der Waals surface area contributed by atoms with Crippen LogP contribution in [-0.4, -0.2) is 36.3 Å². The largest absolute Gasteiger partial charge is 0.493 e. The maximum absolute atomic E-state index is 12.4. The van der Waals surface area contributed by atoms with Crippen molar-refractivity contribution in [3.8, 4) is 22.8 Å². The molecule has 0 spiro atoms. The molecule has 1 heterocycles. The topological polar surface area (TPSA) is 106 Å². The van der Waals surface area contributed by atoms with Crippen molar-refractivity contribution >= 4 is 28.1 Å². The predicted octanol–water partition coefficient (Wildman–Crippen LogP) is 2.98. The van der Waals surface area contributed by atoms with Crippen LogP contribution in [0.1, 0.15) is 16.1 Å². The zero-order chi connectivity index (χ0) is 20.8. The number of H-pyrrole nitrogens is 1. The molecule has 0 bridgehead atoms. The lowest BCUT2D eigenvalue weighted by molar-refractivity contribution is 0.0949. The number of aromatic nitrogens is 2. The summed E-state index contributed by atoms with van der Waals surface area (Å²) >= 11 is 3.43. The van der Waals surface area contributed by atoms with Gasteiger partial charge >= 0.3 is 5.69 Å². The number of halogens is 1. The summed E-state index contributed by atoms with van der Waals surface area (Å²) in [6.07, 6.45) is 1.45. The third-order valence-corrected chi connectivity index (χ3v) is 4.76. The van der Waals surface area contributed by atoms with E-state index in [4.69, 9.17) is 9.47 Å². The minimum atomic E-state index is -0.622. The number of hydrogen-bond donors (Lipinski definition) is 2. The number of hydrazone groups is 1. The van der Waals surface area contributed by atoms with E-state index in [1.54, 1.807) is 24.3 Å². The molecule has 1 amide bonds. The maximum Gasteiger partial charge on any atom is 0.346 e. The van der Waals surface area contributed by atoms with Crippen LogP contribution in [0.3, 0.4) is 0 Å². The van der Waals surface area contributed by atoms with Crippen LogP contribution in [0.4, 0.5) is 0 Å². The van der Waals surface area contributed by atoms with E-state index in [1.165, 1.54) is 26.5 Å². The third-order valence-electron chi connectivity index (χ3n) is 3.94. The SMILES string of the molecule is COc1ccc(/C=N/NC(=O)c2cc(-c3ccccc3)nc(=O)[nH]2)c(Br)c1OC. The van der Waals surface area contributed by atoms with E-state index in [2.05, 4.69) is 36.4 Å². The number of carbonyl (C=O) groups excluding carboxylic acids is 1. The summed E-state index contributed by atoms with van der Waals surface area (Å²) in [5.74, 6) is 0.492. The van der Waals surface area contributed by atoms with Gasteiger partial charge in [0, 0.05) is 11.1 Å². The van der Waals surface area contributed by atoms with E-state index in [-0.39, 0.29) is 5.69 Å². The Labute approximate surface area is 174 Å². The van der Waals surface area contributed by atoms with Gasteiger partial charge in [-0.2, -0.15) is 10.1 Å². The monoisotopic (exact) mass is 456 g/mol. The third kappa shape index (κ3) is 4.69. The number of rotatable bonds is 6. The number of ether oxygens (including phenoxy) is 2. The van der Waals surface area contributed by atoms with Gasteiger partial charge in [-0.3, -0.25) is 4.79 Å². The number of amides is 1. The van der Waals surface area contributed by atoms with Gasteiger partial charge in [0.05, 0.1) is 30.6 Å². The van der Waals surface area contributed by atoms with Crippen LogP contribution in [0, 0.1) is 0 Å². The van der Waals surface area contributed by atoms with Crippen molar-refractivity contribution in [3.63, 3.8) is 0 Å². The number of aromatic amines is 1. The van der Waals surface area contributed by atoms with Crippen LogP contribution in [-0.2, 0) is 0 Å². The van der Waals surface area contributed by atoms with Crippen LogP contribution in [0.2, 0.25) is 0 Å². The van der Waals surface area contributed by atoms with Crippen LogP contribution >= 0.6 is 15.9 Å². The van der Waals surface area contributed by atoms with Gasteiger partial charge in [0.25, 0.3) is 5.91 Å². The molecule has 2 aromatic carbocycles. The Kier molecular flexibility index (Phi) is 6.40. The van der Waals surface area contributed by atoms with Gasteiger partial charge in [0.15, 0.2) is 11.5 Å². The lowest BCUT2D eigenvalue weighted by atomic mass is 10.1. The standard InChI is InChI=1S/C20H17BrN4O4/c1-28-16-9-8-13(17(21)18(16)29-2)11-22-25-19(26)15-10-14(23-20(27)24-15)12-6-4-3-5-7-12/h3-11H,1-2H3,(H,25,26)(H,23,24,27)/b22-11+. The molecule has 0 aliphatic carbocycles. The van der Waals surface area contributed by atoms with Crippen LogP contribution in [0.5, 0.6) is 11.5 Å². The van der Waals surface area contributed by atoms with E-state index in [0.29, 0.717) is 27.2 Å². The fraction of sp³-hybridized carbons (Fsp3) is 0.100. The highest BCUT2D eigenvalue weighted by Gasteiger charge is 2.12. The molecule has 2 N–H and O–H groups in total. The lowest BCUT2D eigenvalue weighted by Crippen LogP contribution is -2.24. The van der Waals surface area contributed by atoms with Crippen LogP contribution in [0.15, 0.2) is 62.9 Å². The summed E-state index contributed by atoms with van der Waals surface area (Å²) in [6, 6.07) is 14.1. The molecule has 148 valence electrons. The fourth-order valence-corrected chi connectivity index (χ4v) is 3.15. The number of carbonyl (C=O) groups is 1. The first-order chi connectivity index (χ1) is 14.0. The van der Waals surface area contributed by atoms with E-state index < -0.39 is 11.6 Å². The summed E-state index contributed by atoms with van der Waals surface area (Å²) in [6.45, 7) is 0. The Morgan fingerprint density at radius 3 is 2.62 bits per heavy atom. The van der Waals surface area contributed by atoms with Crippen molar-refractivity contribution in [2.45, 2.75) is 0 Å². The molecule has 3 rings (SSSR count). The van der Waals surface area contributed by atoms with Crippen molar-refractivity contribution in [1.82, 2.24) is 15.4 Å². The second kappa shape index (κ2) is 9.16. The summed E-state index contributed by atoms with van der Waals surface area (Å²) in [7, 11) is 3.06. The van der Waals surface area contributed by atoms with E-state index in [0.717, 1.165) is 5.56 Å². The van der Waals surface area contributed by atoms with E-state index in [9.17, 15) is 9.59 Å². The van der Waals surface area contributed by atoms with Crippen molar-refractivity contribution in [2.75, 3.05) is 14.2 Å². The summed E-state index contributed by atoms with van der Waals surface area (Å²) < 4.78 is 11.2. The average Bonchev–Trinajstić information content (AvgIpc) is 2.74.